The summed E-state index contributed by atoms with van der Waals surface area (Å²) in [6.45, 7) is 0. The lowest BCUT2D eigenvalue weighted by atomic mass is 10.1. The van der Waals surface area contributed by atoms with Crippen LogP contribution in [0.4, 0.5) is 5.69 Å². The van der Waals surface area contributed by atoms with Crippen molar-refractivity contribution in [3.8, 4) is 5.75 Å². The number of methoxy groups -OCH3 is 1. The minimum Gasteiger partial charge on any atom is -0.497 e. The molecule has 0 radical (unpaired) electrons. The largest absolute Gasteiger partial charge is 0.497 e. The van der Waals surface area contributed by atoms with Crippen LogP contribution in [0, 0.1) is 0 Å². The van der Waals surface area contributed by atoms with E-state index in [2.05, 4.69) is 16.0 Å². The van der Waals surface area contributed by atoms with Gasteiger partial charge in [0.25, 0.3) is 0 Å². The van der Waals surface area contributed by atoms with Gasteiger partial charge in [0, 0.05) is 5.69 Å². The molecule has 0 spiro atoms. The molecule has 2 aromatic carbocycles. The standard InChI is InChI=1S/C18H16Cl5N3O2S/c1-28-12-5-2-10(3-6-12)8-15(27)25-16(18(21,22)23)26-17(29)24-11-4-7-13(19)14(20)9-11/h2-7,9,16H,8H2,1H3,(H,25,27)(H2,24,26,29). The smallest absolute Gasteiger partial charge is 0.228 e. The zero-order valence-electron chi connectivity index (χ0n) is 14.9. The molecule has 156 valence electrons. The molecule has 1 amide bonds. The van der Waals surface area contributed by atoms with Gasteiger partial charge in [0.2, 0.25) is 9.70 Å². The second-order valence-electron chi connectivity index (χ2n) is 5.79. The molecule has 29 heavy (non-hydrogen) atoms. The summed E-state index contributed by atoms with van der Waals surface area (Å²) < 4.78 is 3.23. The van der Waals surface area contributed by atoms with Gasteiger partial charge in [0.05, 0.1) is 23.6 Å². The lowest BCUT2D eigenvalue weighted by molar-refractivity contribution is -0.121. The van der Waals surface area contributed by atoms with Gasteiger partial charge in [0.15, 0.2) is 5.11 Å². The number of hydrogen-bond donors (Lipinski definition) is 3. The summed E-state index contributed by atoms with van der Waals surface area (Å²) in [5, 5.41) is 9.15. The fourth-order valence-electron chi connectivity index (χ4n) is 2.21. The first kappa shape index (κ1) is 24.1. The number of carbonyl (C=O) groups excluding carboxylic acids is 1. The topological polar surface area (TPSA) is 62.4 Å². The zero-order valence-corrected chi connectivity index (χ0v) is 19.5. The molecule has 0 aliphatic carbocycles. The van der Waals surface area contributed by atoms with Crippen molar-refractivity contribution in [1.82, 2.24) is 10.6 Å². The van der Waals surface area contributed by atoms with E-state index >= 15 is 0 Å². The molecule has 0 aromatic heterocycles. The predicted octanol–water partition coefficient (Wildman–Crippen LogP) is 5.34. The monoisotopic (exact) mass is 513 g/mol. The number of hydrogen-bond acceptors (Lipinski definition) is 3. The van der Waals surface area contributed by atoms with Gasteiger partial charge in [-0.2, -0.15) is 0 Å². The maximum atomic E-state index is 12.4. The average molecular weight is 516 g/mol. The fourth-order valence-corrected chi connectivity index (χ4v) is 3.07. The molecule has 0 aliphatic heterocycles. The molecule has 2 rings (SSSR count). The quantitative estimate of drug-likeness (QED) is 0.275. The van der Waals surface area contributed by atoms with Gasteiger partial charge in [-0.25, -0.2) is 0 Å². The number of nitrogens with one attached hydrogen (secondary N) is 3. The van der Waals surface area contributed by atoms with Gasteiger partial charge < -0.3 is 20.7 Å². The number of amides is 1. The van der Waals surface area contributed by atoms with Crippen molar-refractivity contribution in [2.75, 3.05) is 12.4 Å². The van der Waals surface area contributed by atoms with Crippen LogP contribution in [0.5, 0.6) is 5.75 Å². The SMILES string of the molecule is COc1ccc(CC(=O)NC(NC(=S)Nc2ccc(Cl)c(Cl)c2)C(Cl)(Cl)Cl)cc1. The molecule has 3 N–H and O–H groups in total. The first-order valence-electron chi connectivity index (χ1n) is 8.10. The van der Waals surface area contributed by atoms with Crippen LogP contribution in [-0.2, 0) is 11.2 Å². The van der Waals surface area contributed by atoms with E-state index in [9.17, 15) is 4.79 Å². The molecule has 0 saturated carbocycles. The number of thiocarbonyl (C=S) groups is 1. The Kier molecular flexibility index (Phi) is 8.94. The minimum atomic E-state index is -1.86. The minimum absolute atomic E-state index is 0.0793. The number of ether oxygens (including phenoxy) is 1. The first-order valence-corrected chi connectivity index (χ1v) is 10.4. The molecule has 0 bridgehead atoms. The van der Waals surface area contributed by atoms with E-state index in [1.54, 1.807) is 49.6 Å². The van der Waals surface area contributed by atoms with Gasteiger partial charge in [-0.3, -0.25) is 4.79 Å². The second kappa shape index (κ2) is 10.8. The summed E-state index contributed by atoms with van der Waals surface area (Å²) in [7, 11) is 1.56. The fraction of sp³-hybridized carbons (Fsp3) is 0.222. The maximum absolute atomic E-state index is 12.4. The summed E-state index contributed by atoms with van der Waals surface area (Å²) in [5.41, 5.74) is 1.34. The van der Waals surface area contributed by atoms with Crippen LogP contribution in [-0.4, -0.2) is 28.1 Å². The molecule has 11 heteroatoms. The highest BCUT2D eigenvalue weighted by Crippen LogP contribution is 2.29. The molecular weight excluding hydrogens is 500 g/mol. The third-order valence-electron chi connectivity index (χ3n) is 3.61. The maximum Gasteiger partial charge on any atom is 0.228 e. The van der Waals surface area contributed by atoms with Crippen LogP contribution < -0.4 is 20.7 Å². The van der Waals surface area contributed by atoms with Crippen molar-refractivity contribution in [1.29, 1.82) is 0 Å². The molecule has 0 heterocycles. The summed E-state index contributed by atoms with van der Waals surface area (Å²) in [6, 6.07) is 11.9. The average Bonchev–Trinajstić information content (AvgIpc) is 2.64. The summed E-state index contributed by atoms with van der Waals surface area (Å²) in [4.78, 5) is 12.4. The Balaban J connectivity index is 1.99. The Bertz CT molecular complexity index is 875. The van der Waals surface area contributed by atoms with Crippen molar-refractivity contribution < 1.29 is 9.53 Å². The molecule has 0 saturated heterocycles. The molecule has 0 fully saturated rings. The van der Waals surface area contributed by atoms with Crippen molar-refractivity contribution in [2.24, 2.45) is 0 Å². The Labute approximate surface area is 198 Å². The van der Waals surface area contributed by atoms with E-state index in [1.165, 1.54) is 0 Å². The van der Waals surface area contributed by atoms with Gasteiger partial charge in [-0.1, -0.05) is 70.1 Å². The van der Waals surface area contributed by atoms with Crippen LogP contribution in [0.15, 0.2) is 42.5 Å². The number of anilines is 1. The third-order valence-corrected chi connectivity index (χ3v) is 5.22. The van der Waals surface area contributed by atoms with Gasteiger partial charge >= 0.3 is 0 Å². The van der Waals surface area contributed by atoms with E-state index in [0.29, 0.717) is 21.5 Å². The molecule has 2 aromatic rings. The van der Waals surface area contributed by atoms with E-state index in [0.717, 1.165) is 5.56 Å². The lowest BCUT2D eigenvalue weighted by Gasteiger charge is -2.28. The van der Waals surface area contributed by atoms with Gasteiger partial charge in [-0.05, 0) is 48.1 Å². The number of halogens is 5. The van der Waals surface area contributed by atoms with Crippen LogP contribution in [0.1, 0.15) is 5.56 Å². The Morgan fingerprint density at radius 1 is 1.07 bits per heavy atom. The van der Waals surface area contributed by atoms with E-state index in [1.807, 2.05) is 0 Å². The molecular formula is C18H16Cl5N3O2S. The summed E-state index contributed by atoms with van der Waals surface area (Å²) >= 11 is 35.1. The molecule has 5 nitrogen and oxygen atoms in total. The highest BCUT2D eigenvalue weighted by Gasteiger charge is 2.34. The van der Waals surface area contributed by atoms with Crippen LogP contribution in [0.3, 0.4) is 0 Å². The highest BCUT2D eigenvalue weighted by atomic mass is 35.6. The van der Waals surface area contributed by atoms with Gasteiger partial charge in [-0.15, -0.1) is 0 Å². The van der Waals surface area contributed by atoms with E-state index in [-0.39, 0.29) is 17.4 Å². The van der Waals surface area contributed by atoms with E-state index < -0.39 is 9.96 Å². The molecule has 0 aliphatic rings. The Morgan fingerprint density at radius 3 is 2.28 bits per heavy atom. The molecule has 1 atom stereocenters. The van der Waals surface area contributed by atoms with Crippen molar-refractivity contribution in [2.45, 2.75) is 16.4 Å². The van der Waals surface area contributed by atoms with Gasteiger partial charge in [0.1, 0.15) is 11.9 Å². The summed E-state index contributed by atoms with van der Waals surface area (Å²) in [5.74, 6) is 0.324. The Hall–Kier alpha value is -1.15. The number of carbonyl (C=O) groups is 1. The van der Waals surface area contributed by atoms with Crippen molar-refractivity contribution >= 4 is 86.9 Å². The lowest BCUT2D eigenvalue weighted by Crippen LogP contribution is -2.56. The second-order valence-corrected chi connectivity index (χ2v) is 9.39. The summed E-state index contributed by atoms with van der Waals surface area (Å²) in [6.07, 6.45) is -1.00. The highest BCUT2D eigenvalue weighted by molar-refractivity contribution is 7.80. The zero-order chi connectivity index (χ0) is 21.6. The van der Waals surface area contributed by atoms with Crippen LogP contribution in [0.2, 0.25) is 10.0 Å². The molecule has 1 unspecified atom stereocenters. The number of alkyl halides is 3. The number of rotatable bonds is 6. The first-order chi connectivity index (χ1) is 13.6. The van der Waals surface area contributed by atoms with Crippen molar-refractivity contribution in [3.05, 3.63) is 58.1 Å². The normalized spacial score (nSPS) is 12.1. The Morgan fingerprint density at radius 2 is 1.72 bits per heavy atom. The predicted molar refractivity (Wildman–Crippen MR) is 125 cm³/mol. The number of benzene rings is 2. The third kappa shape index (κ3) is 7.89. The van der Waals surface area contributed by atoms with Crippen molar-refractivity contribution in [3.63, 3.8) is 0 Å². The van der Waals surface area contributed by atoms with E-state index in [4.69, 9.17) is 75.0 Å². The van der Waals surface area contributed by atoms with Crippen LogP contribution in [0.25, 0.3) is 0 Å². The van der Waals surface area contributed by atoms with Crippen LogP contribution >= 0.6 is 70.2 Å².